The van der Waals surface area contributed by atoms with Gasteiger partial charge >= 0.3 is 0 Å². The largest absolute Gasteiger partial charge is 0.325 e. The fraction of sp³-hybridized carbons (Fsp3) is 1.00. The van der Waals surface area contributed by atoms with Crippen LogP contribution in [0.3, 0.4) is 0 Å². The minimum Gasteiger partial charge on any atom is -0.325 e. The van der Waals surface area contributed by atoms with Crippen molar-refractivity contribution in [2.24, 2.45) is 28.4 Å². The van der Waals surface area contributed by atoms with Gasteiger partial charge in [0.2, 0.25) is 0 Å². The molecule has 94 valence electrons. The van der Waals surface area contributed by atoms with Crippen molar-refractivity contribution in [3.05, 3.63) is 0 Å². The normalized spacial score (nSPS) is 41.6. The van der Waals surface area contributed by atoms with Gasteiger partial charge in [-0.15, -0.1) is 0 Å². The van der Waals surface area contributed by atoms with Gasteiger partial charge in [-0.05, 0) is 54.8 Å². The van der Waals surface area contributed by atoms with E-state index < -0.39 is 0 Å². The van der Waals surface area contributed by atoms with Crippen LogP contribution in [0, 0.1) is 22.7 Å². The van der Waals surface area contributed by atoms with Gasteiger partial charge in [-0.1, -0.05) is 34.6 Å². The zero-order valence-corrected chi connectivity index (χ0v) is 11.8. The molecule has 0 radical (unpaired) electrons. The maximum absolute atomic E-state index is 6.72. The monoisotopic (exact) mass is 223 g/mol. The molecule has 0 aliphatic heterocycles. The molecule has 3 aliphatic carbocycles. The molecular weight excluding hydrogens is 194 g/mol. The fourth-order valence-electron chi connectivity index (χ4n) is 4.01. The Morgan fingerprint density at radius 1 is 1.25 bits per heavy atom. The van der Waals surface area contributed by atoms with Crippen LogP contribution in [0.2, 0.25) is 0 Å². The van der Waals surface area contributed by atoms with Gasteiger partial charge in [0, 0.05) is 5.54 Å². The van der Waals surface area contributed by atoms with E-state index in [1.165, 1.54) is 32.1 Å². The third-order valence-electron chi connectivity index (χ3n) is 5.46. The van der Waals surface area contributed by atoms with Crippen molar-refractivity contribution in [3.63, 3.8) is 0 Å². The van der Waals surface area contributed by atoms with E-state index in [0.717, 1.165) is 11.8 Å². The Balaban J connectivity index is 2.02. The molecule has 3 atom stereocenters. The summed E-state index contributed by atoms with van der Waals surface area (Å²) >= 11 is 0. The van der Waals surface area contributed by atoms with Crippen LogP contribution >= 0.6 is 0 Å². The lowest BCUT2D eigenvalue weighted by Gasteiger charge is -2.64. The van der Waals surface area contributed by atoms with E-state index in [-0.39, 0.29) is 5.54 Å². The molecule has 0 heterocycles. The standard InChI is InChI=1S/C15H29N/c1-13(2,3)8-9-15(16)7-6-11-10-12(15)14(11,4)5/h11-12H,6-10,16H2,1-5H3/t11-,12+,15-/m0/s1. The molecule has 0 aromatic carbocycles. The fourth-order valence-corrected chi connectivity index (χ4v) is 4.01. The van der Waals surface area contributed by atoms with Crippen LogP contribution in [0.15, 0.2) is 0 Å². The molecule has 3 rings (SSSR count). The van der Waals surface area contributed by atoms with Crippen LogP contribution in [0.1, 0.15) is 66.7 Å². The Labute approximate surface area is 101 Å². The summed E-state index contributed by atoms with van der Waals surface area (Å²) in [6.45, 7) is 11.9. The molecule has 16 heavy (non-hydrogen) atoms. The summed E-state index contributed by atoms with van der Waals surface area (Å²) < 4.78 is 0. The molecule has 0 aromatic rings. The van der Waals surface area contributed by atoms with E-state index >= 15 is 0 Å². The molecule has 0 aromatic heterocycles. The van der Waals surface area contributed by atoms with Crippen molar-refractivity contribution in [1.29, 1.82) is 0 Å². The molecule has 3 saturated carbocycles. The maximum atomic E-state index is 6.72. The van der Waals surface area contributed by atoms with Crippen LogP contribution in [0.5, 0.6) is 0 Å². The number of hydrogen-bond acceptors (Lipinski definition) is 1. The Morgan fingerprint density at radius 3 is 2.31 bits per heavy atom. The van der Waals surface area contributed by atoms with Crippen molar-refractivity contribution < 1.29 is 0 Å². The lowest BCUT2D eigenvalue weighted by Crippen LogP contribution is -2.65. The highest BCUT2D eigenvalue weighted by molar-refractivity contribution is 5.12. The summed E-state index contributed by atoms with van der Waals surface area (Å²) in [5.41, 5.74) is 7.81. The predicted molar refractivity (Wildman–Crippen MR) is 70.2 cm³/mol. The van der Waals surface area contributed by atoms with Crippen molar-refractivity contribution in [1.82, 2.24) is 0 Å². The van der Waals surface area contributed by atoms with Gasteiger partial charge in [-0.3, -0.25) is 0 Å². The molecule has 0 saturated heterocycles. The van der Waals surface area contributed by atoms with Crippen LogP contribution in [-0.4, -0.2) is 5.54 Å². The minimum atomic E-state index is 0.144. The van der Waals surface area contributed by atoms with E-state index in [2.05, 4.69) is 34.6 Å². The predicted octanol–water partition coefficient (Wildman–Crippen LogP) is 3.97. The first-order valence-corrected chi connectivity index (χ1v) is 6.94. The third-order valence-corrected chi connectivity index (χ3v) is 5.46. The van der Waals surface area contributed by atoms with E-state index in [1.54, 1.807) is 0 Å². The highest BCUT2D eigenvalue weighted by Crippen LogP contribution is 2.63. The molecule has 1 nitrogen and oxygen atoms in total. The van der Waals surface area contributed by atoms with Crippen molar-refractivity contribution in [2.75, 3.05) is 0 Å². The Kier molecular flexibility index (Phi) is 2.70. The zero-order chi connectivity index (χ0) is 12.2. The van der Waals surface area contributed by atoms with Crippen LogP contribution in [-0.2, 0) is 0 Å². The number of nitrogens with two attached hydrogens (primary N) is 1. The van der Waals surface area contributed by atoms with Gasteiger partial charge in [0.25, 0.3) is 0 Å². The van der Waals surface area contributed by atoms with Crippen molar-refractivity contribution in [2.45, 2.75) is 72.3 Å². The highest BCUT2D eigenvalue weighted by Gasteiger charge is 2.59. The zero-order valence-electron chi connectivity index (χ0n) is 11.8. The second-order valence-electron chi connectivity index (χ2n) is 8.14. The quantitative estimate of drug-likeness (QED) is 0.753. The highest BCUT2D eigenvalue weighted by atomic mass is 14.8. The summed E-state index contributed by atoms with van der Waals surface area (Å²) in [5, 5.41) is 0. The first-order chi connectivity index (χ1) is 7.15. The number of hydrogen-bond donors (Lipinski definition) is 1. The molecular formula is C15H29N. The number of rotatable bonds is 2. The molecule has 1 heteroatoms. The summed E-state index contributed by atoms with van der Waals surface area (Å²) in [5.74, 6) is 1.74. The molecule has 0 unspecified atom stereocenters. The van der Waals surface area contributed by atoms with Gasteiger partial charge in [0.1, 0.15) is 0 Å². The molecule has 3 fully saturated rings. The molecule has 3 aliphatic rings. The summed E-state index contributed by atoms with van der Waals surface area (Å²) in [6, 6.07) is 0. The lowest BCUT2D eigenvalue weighted by molar-refractivity contribution is -0.121. The molecule has 0 spiro atoms. The first-order valence-electron chi connectivity index (χ1n) is 6.94. The average Bonchev–Trinajstić information content (AvgIpc) is 2.13. The Hall–Kier alpha value is -0.0400. The Bertz CT molecular complexity index is 272. The topological polar surface area (TPSA) is 26.0 Å². The van der Waals surface area contributed by atoms with Crippen LogP contribution in [0.25, 0.3) is 0 Å². The molecule has 0 amide bonds. The van der Waals surface area contributed by atoms with Gasteiger partial charge < -0.3 is 5.73 Å². The SMILES string of the molecule is CC(C)(C)CC[C@@]1(N)CC[C@H]2C[C@@H]1C2(C)C. The van der Waals surface area contributed by atoms with Gasteiger partial charge in [-0.25, -0.2) is 0 Å². The van der Waals surface area contributed by atoms with Crippen LogP contribution in [0.4, 0.5) is 0 Å². The van der Waals surface area contributed by atoms with E-state index in [9.17, 15) is 0 Å². The molecule has 2 N–H and O–H groups in total. The van der Waals surface area contributed by atoms with Gasteiger partial charge in [0.15, 0.2) is 0 Å². The second-order valence-corrected chi connectivity index (χ2v) is 8.14. The summed E-state index contributed by atoms with van der Waals surface area (Å²) in [7, 11) is 0. The lowest BCUT2D eigenvalue weighted by atomic mass is 9.42. The second kappa shape index (κ2) is 3.48. The van der Waals surface area contributed by atoms with Gasteiger partial charge in [-0.2, -0.15) is 0 Å². The summed E-state index contributed by atoms with van der Waals surface area (Å²) in [6.07, 6.45) is 6.51. The number of fused-ring (bicyclic) bond motifs is 2. The first kappa shape index (κ1) is 12.4. The Morgan fingerprint density at radius 2 is 1.88 bits per heavy atom. The van der Waals surface area contributed by atoms with Gasteiger partial charge in [0.05, 0.1) is 0 Å². The van der Waals surface area contributed by atoms with E-state index in [0.29, 0.717) is 10.8 Å². The van der Waals surface area contributed by atoms with Crippen molar-refractivity contribution >= 4 is 0 Å². The maximum Gasteiger partial charge on any atom is 0.0188 e. The van der Waals surface area contributed by atoms with E-state index in [1.807, 2.05) is 0 Å². The van der Waals surface area contributed by atoms with Crippen molar-refractivity contribution in [3.8, 4) is 0 Å². The van der Waals surface area contributed by atoms with Crippen LogP contribution < -0.4 is 5.73 Å². The molecule has 2 bridgehead atoms. The average molecular weight is 223 g/mol. The van der Waals surface area contributed by atoms with E-state index in [4.69, 9.17) is 5.73 Å². The third kappa shape index (κ3) is 1.92. The smallest absolute Gasteiger partial charge is 0.0188 e. The minimum absolute atomic E-state index is 0.144. The summed E-state index contributed by atoms with van der Waals surface area (Å²) in [4.78, 5) is 0.